The predicted octanol–water partition coefficient (Wildman–Crippen LogP) is 3.69. The molecule has 2 aromatic carbocycles. The Balaban J connectivity index is 2.44. The Bertz CT molecular complexity index is 647. The van der Waals surface area contributed by atoms with E-state index in [0.29, 0.717) is 0 Å². The van der Waals surface area contributed by atoms with Gasteiger partial charge in [-0.1, -0.05) is 17.7 Å². The van der Waals surface area contributed by atoms with E-state index in [0.717, 1.165) is 12.1 Å². The molecule has 0 aliphatic rings. The highest BCUT2D eigenvalue weighted by Gasteiger charge is 2.13. The second kappa shape index (κ2) is 5.24. The number of nitrogens with two attached hydrogens (primary N) is 1. The number of nitrogens with one attached hydrogen (secondary N) is 1. The molecule has 2 rings (SSSR count). The summed E-state index contributed by atoms with van der Waals surface area (Å²) in [5.74, 6) is -1.72. The zero-order valence-electron chi connectivity index (χ0n) is 9.58. The molecule has 0 radical (unpaired) electrons. The third kappa shape index (κ3) is 2.82. The van der Waals surface area contributed by atoms with Crippen LogP contribution in [0, 0.1) is 17.0 Å². The number of amidine groups is 1. The average Bonchev–Trinajstić information content (AvgIpc) is 2.36. The number of nitrogen functional groups attached to an aromatic ring is 1. The zero-order chi connectivity index (χ0) is 14.0. The van der Waals surface area contributed by atoms with Crippen molar-refractivity contribution in [2.45, 2.75) is 0 Å². The van der Waals surface area contributed by atoms with Crippen LogP contribution in [0.2, 0.25) is 5.02 Å². The standard InChI is InChI=1S/C13H9ClF2N2O/c14-9-2-1-3-11(12(9)16)19-10-5-4-7(15)6-8(10)13(17)18/h1-6H,(H3,17,18). The quantitative estimate of drug-likeness (QED) is 0.666. The highest BCUT2D eigenvalue weighted by molar-refractivity contribution is 6.30. The van der Waals surface area contributed by atoms with Crippen molar-refractivity contribution < 1.29 is 13.5 Å². The van der Waals surface area contributed by atoms with E-state index in [2.05, 4.69) is 0 Å². The molecule has 0 saturated carbocycles. The third-order valence-corrected chi connectivity index (χ3v) is 2.66. The Morgan fingerprint density at radius 3 is 2.58 bits per heavy atom. The van der Waals surface area contributed by atoms with Gasteiger partial charge in [0, 0.05) is 0 Å². The molecule has 98 valence electrons. The van der Waals surface area contributed by atoms with Gasteiger partial charge in [0.2, 0.25) is 0 Å². The van der Waals surface area contributed by atoms with Crippen LogP contribution >= 0.6 is 11.6 Å². The van der Waals surface area contributed by atoms with Gasteiger partial charge in [0.15, 0.2) is 11.6 Å². The van der Waals surface area contributed by atoms with E-state index < -0.39 is 11.6 Å². The molecule has 3 nitrogen and oxygen atoms in total. The summed E-state index contributed by atoms with van der Waals surface area (Å²) in [6.07, 6.45) is 0. The van der Waals surface area contributed by atoms with Crippen molar-refractivity contribution in [3.63, 3.8) is 0 Å². The lowest BCUT2D eigenvalue weighted by molar-refractivity contribution is 0.440. The van der Waals surface area contributed by atoms with Crippen molar-refractivity contribution in [3.05, 3.63) is 58.6 Å². The lowest BCUT2D eigenvalue weighted by Gasteiger charge is -2.11. The SMILES string of the molecule is N=C(N)c1cc(F)ccc1Oc1cccc(Cl)c1F. The summed E-state index contributed by atoms with van der Waals surface area (Å²) in [6, 6.07) is 7.70. The molecule has 0 saturated heterocycles. The van der Waals surface area contributed by atoms with Gasteiger partial charge in [-0.3, -0.25) is 5.41 Å². The first-order valence-corrected chi connectivity index (χ1v) is 5.62. The fraction of sp³-hybridized carbons (Fsp3) is 0. The minimum Gasteiger partial charge on any atom is -0.453 e. The molecule has 0 aromatic heterocycles. The lowest BCUT2D eigenvalue weighted by Crippen LogP contribution is -2.12. The molecule has 0 atom stereocenters. The third-order valence-electron chi connectivity index (χ3n) is 2.37. The molecule has 0 aliphatic carbocycles. The molecule has 19 heavy (non-hydrogen) atoms. The number of ether oxygens (including phenoxy) is 1. The Morgan fingerprint density at radius 2 is 1.89 bits per heavy atom. The number of benzene rings is 2. The summed E-state index contributed by atoms with van der Waals surface area (Å²) < 4.78 is 32.1. The second-order valence-electron chi connectivity index (χ2n) is 3.71. The predicted molar refractivity (Wildman–Crippen MR) is 68.9 cm³/mol. The maximum absolute atomic E-state index is 13.7. The van der Waals surface area contributed by atoms with Crippen molar-refractivity contribution >= 4 is 17.4 Å². The van der Waals surface area contributed by atoms with E-state index >= 15 is 0 Å². The normalized spacial score (nSPS) is 10.3. The molecule has 0 heterocycles. The number of hydrogen-bond acceptors (Lipinski definition) is 2. The molecule has 0 spiro atoms. The fourth-order valence-corrected chi connectivity index (χ4v) is 1.65. The molecular weight excluding hydrogens is 274 g/mol. The summed E-state index contributed by atoms with van der Waals surface area (Å²) in [7, 11) is 0. The van der Waals surface area contributed by atoms with Gasteiger partial charge < -0.3 is 10.5 Å². The summed E-state index contributed by atoms with van der Waals surface area (Å²) in [5, 5.41) is 7.25. The molecule has 0 aliphatic heterocycles. The molecule has 0 bridgehead atoms. The maximum Gasteiger partial charge on any atom is 0.184 e. The lowest BCUT2D eigenvalue weighted by atomic mass is 10.2. The minimum atomic E-state index is -0.733. The Morgan fingerprint density at radius 1 is 1.16 bits per heavy atom. The molecule has 0 fully saturated rings. The highest BCUT2D eigenvalue weighted by atomic mass is 35.5. The maximum atomic E-state index is 13.7. The first-order valence-electron chi connectivity index (χ1n) is 5.25. The van der Waals surface area contributed by atoms with Gasteiger partial charge >= 0.3 is 0 Å². The van der Waals surface area contributed by atoms with Crippen LogP contribution in [0.5, 0.6) is 11.5 Å². The van der Waals surface area contributed by atoms with Gasteiger partial charge in [-0.15, -0.1) is 0 Å². The summed E-state index contributed by atoms with van der Waals surface area (Å²) in [4.78, 5) is 0. The van der Waals surface area contributed by atoms with Crippen molar-refractivity contribution in [3.8, 4) is 11.5 Å². The van der Waals surface area contributed by atoms with E-state index in [-0.39, 0.29) is 27.9 Å². The second-order valence-corrected chi connectivity index (χ2v) is 4.12. The number of hydrogen-bond donors (Lipinski definition) is 2. The summed E-state index contributed by atoms with van der Waals surface area (Å²) in [6.45, 7) is 0. The van der Waals surface area contributed by atoms with Crippen molar-refractivity contribution in [2.75, 3.05) is 0 Å². The molecule has 6 heteroatoms. The van der Waals surface area contributed by atoms with E-state index in [9.17, 15) is 8.78 Å². The van der Waals surface area contributed by atoms with Crippen molar-refractivity contribution in [2.24, 2.45) is 5.73 Å². The van der Waals surface area contributed by atoms with Crippen LogP contribution in [0.4, 0.5) is 8.78 Å². The Labute approximate surface area is 113 Å². The largest absolute Gasteiger partial charge is 0.453 e. The zero-order valence-corrected chi connectivity index (χ0v) is 10.3. The number of rotatable bonds is 3. The van der Waals surface area contributed by atoms with Gasteiger partial charge in [0.25, 0.3) is 0 Å². The smallest absolute Gasteiger partial charge is 0.184 e. The monoisotopic (exact) mass is 282 g/mol. The first kappa shape index (κ1) is 13.3. The van der Waals surface area contributed by atoms with E-state index in [1.54, 1.807) is 0 Å². The van der Waals surface area contributed by atoms with Crippen LogP contribution in [-0.2, 0) is 0 Å². The Hall–Kier alpha value is -2.14. The first-order chi connectivity index (χ1) is 8.99. The molecule has 3 N–H and O–H groups in total. The summed E-state index contributed by atoms with van der Waals surface area (Å²) >= 11 is 5.63. The van der Waals surface area contributed by atoms with Crippen LogP contribution in [0.25, 0.3) is 0 Å². The van der Waals surface area contributed by atoms with Crippen LogP contribution in [0.3, 0.4) is 0 Å². The minimum absolute atomic E-state index is 0.0411. The molecular formula is C13H9ClF2N2O. The van der Waals surface area contributed by atoms with Gasteiger partial charge in [0.1, 0.15) is 17.4 Å². The van der Waals surface area contributed by atoms with E-state index in [4.69, 9.17) is 27.5 Å². The van der Waals surface area contributed by atoms with Crippen LogP contribution < -0.4 is 10.5 Å². The fourth-order valence-electron chi connectivity index (χ4n) is 1.48. The van der Waals surface area contributed by atoms with Crippen LogP contribution in [0.1, 0.15) is 5.56 Å². The van der Waals surface area contributed by atoms with Gasteiger partial charge in [-0.25, -0.2) is 8.78 Å². The Kier molecular flexibility index (Phi) is 3.66. The molecule has 0 unspecified atom stereocenters. The van der Waals surface area contributed by atoms with E-state index in [1.165, 1.54) is 24.3 Å². The van der Waals surface area contributed by atoms with Crippen LogP contribution in [-0.4, -0.2) is 5.84 Å². The van der Waals surface area contributed by atoms with Crippen LogP contribution in [0.15, 0.2) is 36.4 Å². The van der Waals surface area contributed by atoms with E-state index in [1.807, 2.05) is 0 Å². The number of halogens is 3. The average molecular weight is 283 g/mol. The molecule has 0 amide bonds. The molecule has 2 aromatic rings. The van der Waals surface area contributed by atoms with Gasteiger partial charge in [-0.05, 0) is 30.3 Å². The van der Waals surface area contributed by atoms with Crippen molar-refractivity contribution in [1.82, 2.24) is 0 Å². The van der Waals surface area contributed by atoms with Gasteiger partial charge in [-0.2, -0.15) is 0 Å². The topological polar surface area (TPSA) is 59.1 Å². The van der Waals surface area contributed by atoms with Crippen molar-refractivity contribution in [1.29, 1.82) is 5.41 Å². The highest BCUT2D eigenvalue weighted by Crippen LogP contribution is 2.30. The van der Waals surface area contributed by atoms with Gasteiger partial charge in [0.05, 0.1) is 10.6 Å². The summed E-state index contributed by atoms with van der Waals surface area (Å²) in [5.41, 5.74) is 5.36.